The van der Waals surface area contributed by atoms with Crippen molar-refractivity contribution in [1.82, 2.24) is 9.80 Å². The number of aryl methyl sites for hydroxylation is 1. The van der Waals surface area contributed by atoms with Crippen molar-refractivity contribution in [2.75, 3.05) is 52.3 Å². The highest BCUT2D eigenvalue weighted by Crippen LogP contribution is 2.34. The van der Waals surface area contributed by atoms with Gasteiger partial charge in [-0.1, -0.05) is 6.07 Å². The molecule has 1 saturated heterocycles. The van der Waals surface area contributed by atoms with E-state index in [9.17, 15) is 9.59 Å². The Kier molecular flexibility index (Phi) is 5.99. The first-order chi connectivity index (χ1) is 14.5. The van der Waals surface area contributed by atoms with Crippen LogP contribution in [0.3, 0.4) is 0 Å². The number of hydrogen-bond donors (Lipinski definition) is 0. The predicted octanol–water partition coefficient (Wildman–Crippen LogP) is 2.91. The van der Waals surface area contributed by atoms with Crippen LogP contribution in [0.1, 0.15) is 26.5 Å². The first-order valence-corrected chi connectivity index (χ1v) is 11.3. The van der Waals surface area contributed by atoms with E-state index in [1.165, 1.54) is 10.4 Å². The topological polar surface area (TPSA) is 53.1 Å². The minimum atomic E-state index is 0.0257. The summed E-state index contributed by atoms with van der Waals surface area (Å²) in [6.45, 7) is 3.15. The lowest BCUT2D eigenvalue weighted by molar-refractivity contribution is -0.136. The Morgan fingerprint density at radius 1 is 1.13 bits per heavy atom. The molecule has 1 aromatic heterocycles. The number of amides is 2. The SMILES string of the molecule is COc1cccc(N2CCN(C(=O)C3CCc4sc(C(=O)N(C)C)cc4C3)CC2)c1. The van der Waals surface area contributed by atoms with Crippen LogP contribution < -0.4 is 9.64 Å². The molecule has 0 saturated carbocycles. The second-order valence-electron chi connectivity index (χ2n) is 8.21. The molecule has 0 radical (unpaired) electrons. The highest BCUT2D eigenvalue weighted by Gasteiger charge is 2.32. The van der Waals surface area contributed by atoms with Gasteiger partial charge in [0, 0.05) is 62.8 Å². The number of nitrogens with zero attached hydrogens (tertiary/aromatic N) is 3. The van der Waals surface area contributed by atoms with Gasteiger partial charge in [0.15, 0.2) is 0 Å². The van der Waals surface area contributed by atoms with Gasteiger partial charge in [-0.15, -0.1) is 11.3 Å². The molecule has 4 rings (SSSR count). The number of fused-ring (bicyclic) bond motifs is 1. The van der Waals surface area contributed by atoms with Gasteiger partial charge in [0.25, 0.3) is 5.91 Å². The van der Waals surface area contributed by atoms with Crippen LogP contribution >= 0.6 is 11.3 Å². The van der Waals surface area contributed by atoms with Crippen LogP contribution in [-0.4, -0.2) is 69.0 Å². The minimum absolute atomic E-state index is 0.0257. The largest absolute Gasteiger partial charge is 0.497 e. The summed E-state index contributed by atoms with van der Waals surface area (Å²) in [7, 11) is 5.23. The number of carbonyl (C=O) groups is 2. The highest BCUT2D eigenvalue weighted by molar-refractivity contribution is 7.14. The maximum absolute atomic E-state index is 13.2. The Hall–Kier alpha value is -2.54. The molecule has 2 heterocycles. The number of rotatable bonds is 4. The highest BCUT2D eigenvalue weighted by atomic mass is 32.1. The fraction of sp³-hybridized carbons (Fsp3) is 0.478. The lowest BCUT2D eigenvalue weighted by atomic mass is 9.87. The fourth-order valence-corrected chi connectivity index (χ4v) is 5.54. The molecule has 1 unspecified atom stereocenters. The van der Waals surface area contributed by atoms with Crippen molar-refractivity contribution in [2.45, 2.75) is 19.3 Å². The molecule has 1 atom stereocenters. The summed E-state index contributed by atoms with van der Waals surface area (Å²) in [5, 5.41) is 0. The average Bonchev–Trinajstić information content (AvgIpc) is 3.21. The molecular weight excluding hydrogens is 398 g/mol. The minimum Gasteiger partial charge on any atom is -0.497 e. The van der Waals surface area contributed by atoms with E-state index in [1.807, 2.05) is 29.2 Å². The summed E-state index contributed by atoms with van der Waals surface area (Å²) in [4.78, 5) is 33.4. The number of carbonyl (C=O) groups excluding carboxylic acids is 2. The van der Waals surface area contributed by atoms with Gasteiger partial charge < -0.3 is 19.4 Å². The van der Waals surface area contributed by atoms with Crippen molar-refractivity contribution in [3.8, 4) is 5.75 Å². The normalized spacial score (nSPS) is 18.7. The standard InChI is InChI=1S/C23H29N3O3S/c1-24(2)23(28)21-14-17-13-16(7-8-20(17)30-21)22(27)26-11-9-25(10-12-26)18-5-4-6-19(15-18)29-3/h4-6,14-16H,7-13H2,1-3H3. The Morgan fingerprint density at radius 2 is 1.90 bits per heavy atom. The Labute approximate surface area is 182 Å². The zero-order chi connectivity index (χ0) is 21.3. The number of benzene rings is 1. The molecule has 1 aromatic carbocycles. The van der Waals surface area contributed by atoms with Gasteiger partial charge in [0.2, 0.25) is 5.91 Å². The molecule has 0 bridgehead atoms. The number of piperazine rings is 1. The fourth-order valence-electron chi connectivity index (χ4n) is 4.31. The van der Waals surface area contributed by atoms with E-state index in [-0.39, 0.29) is 17.7 Å². The molecule has 7 heteroatoms. The van der Waals surface area contributed by atoms with E-state index in [4.69, 9.17) is 4.74 Å². The number of hydrogen-bond acceptors (Lipinski definition) is 5. The third-order valence-corrected chi connectivity index (χ3v) is 7.28. The van der Waals surface area contributed by atoms with E-state index in [2.05, 4.69) is 11.0 Å². The van der Waals surface area contributed by atoms with Gasteiger partial charge >= 0.3 is 0 Å². The van der Waals surface area contributed by atoms with Crippen LogP contribution in [0, 0.1) is 5.92 Å². The Morgan fingerprint density at radius 3 is 2.60 bits per heavy atom. The lowest BCUT2D eigenvalue weighted by Crippen LogP contribution is -2.51. The molecule has 6 nitrogen and oxygen atoms in total. The number of anilines is 1. The van der Waals surface area contributed by atoms with E-state index < -0.39 is 0 Å². The summed E-state index contributed by atoms with van der Waals surface area (Å²) in [6, 6.07) is 10.1. The smallest absolute Gasteiger partial charge is 0.263 e. The average molecular weight is 428 g/mol. The molecule has 0 N–H and O–H groups in total. The van der Waals surface area contributed by atoms with Gasteiger partial charge in [-0.2, -0.15) is 0 Å². The molecule has 2 aliphatic rings. The van der Waals surface area contributed by atoms with Crippen molar-refractivity contribution in [3.05, 3.63) is 45.6 Å². The number of thiophene rings is 1. The molecule has 2 aromatic rings. The van der Waals surface area contributed by atoms with Crippen molar-refractivity contribution < 1.29 is 14.3 Å². The monoisotopic (exact) mass is 427 g/mol. The molecule has 1 aliphatic carbocycles. The second kappa shape index (κ2) is 8.68. The quantitative estimate of drug-likeness (QED) is 0.753. The molecule has 1 fully saturated rings. The molecule has 1 aliphatic heterocycles. The van der Waals surface area contributed by atoms with Gasteiger partial charge in [-0.25, -0.2) is 0 Å². The number of ether oxygens (including phenoxy) is 1. The summed E-state index contributed by atoms with van der Waals surface area (Å²) in [5.41, 5.74) is 2.32. The summed E-state index contributed by atoms with van der Waals surface area (Å²) in [5.74, 6) is 1.19. The van der Waals surface area contributed by atoms with Gasteiger partial charge in [-0.3, -0.25) is 9.59 Å². The van der Waals surface area contributed by atoms with Gasteiger partial charge in [0.05, 0.1) is 12.0 Å². The van der Waals surface area contributed by atoms with E-state index in [1.54, 1.807) is 37.4 Å². The van der Waals surface area contributed by atoms with Crippen LogP contribution in [-0.2, 0) is 17.6 Å². The lowest BCUT2D eigenvalue weighted by Gasteiger charge is -2.38. The molecule has 30 heavy (non-hydrogen) atoms. The summed E-state index contributed by atoms with van der Waals surface area (Å²) >= 11 is 1.59. The Balaban J connectivity index is 1.36. The van der Waals surface area contributed by atoms with Crippen LogP contribution in [0.2, 0.25) is 0 Å². The maximum atomic E-state index is 13.2. The third kappa shape index (κ3) is 4.17. The van der Waals surface area contributed by atoms with Crippen LogP contribution in [0.5, 0.6) is 5.75 Å². The zero-order valence-electron chi connectivity index (χ0n) is 17.9. The predicted molar refractivity (Wildman–Crippen MR) is 120 cm³/mol. The van der Waals surface area contributed by atoms with E-state index in [0.717, 1.165) is 61.8 Å². The van der Waals surface area contributed by atoms with Crippen LogP contribution in [0.25, 0.3) is 0 Å². The molecular formula is C23H29N3O3S. The van der Waals surface area contributed by atoms with E-state index >= 15 is 0 Å². The van der Waals surface area contributed by atoms with Crippen molar-refractivity contribution >= 4 is 28.8 Å². The van der Waals surface area contributed by atoms with Crippen LogP contribution in [0.4, 0.5) is 5.69 Å². The van der Waals surface area contributed by atoms with Crippen LogP contribution in [0.15, 0.2) is 30.3 Å². The van der Waals surface area contributed by atoms with E-state index in [0.29, 0.717) is 0 Å². The molecule has 2 amide bonds. The van der Waals surface area contributed by atoms with Crippen molar-refractivity contribution in [2.24, 2.45) is 5.92 Å². The van der Waals surface area contributed by atoms with Crippen molar-refractivity contribution in [3.63, 3.8) is 0 Å². The molecule has 0 spiro atoms. The first kappa shape index (κ1) is 20.7. The van der Waals surface area contributed by atoms with Crippen molar-refractivity contribution in [1.29, 1.82) is 0 Å². The second-order valence-corrected chi connectivity index (χ2v) is 9.35. The zero-order valence-corrected chi connectivity index (χ0v) is 18.7. The maximum Gasteiger partial charge on any atom is 0.263 e. The Bertz CT molecular complexity index is 932. The summed E-state index contributed by atoms with van der Waals surface area (Å²) in [6.07, 6.45) is 2.51. The summed E-state index contributed by atoms with van der Waals surface area (Å²) < 4.78 is 5.33. The first-order valence-electron chi connectivity index (χ1n) is 10.5. The number of methoxy groups -OCH3 is 1. The third-order valence-electron chi connectivity index (χ3n) is 6.06. The molecule has 160 valence electrons. The van der Waals surface area contributed by atoms with Gasteiger partial charge in [-0.05, 0) is 43.0 Å². The van der Waals surface area contributed by atoms with Gasteiger partial charge in [0.1, 0.15) is 5.75 Å².